The summed E-state index contributed by atoms with van der Waals surface area (Å²) >= 11 is 6.42. The van der Waals surface area contributed by atoms with E-state index in [2.05, 4.69) is 44.5 Å². The number of aromatic nitrogens is 2. The third-order valence-electron chi connectivity index (χ3n) is 6.99. The smallest absolute Gasteiger partial charge is 0.421 e. The van der Waals surface area contributed by atoms with E-state index in [9.17, 15) is 13.2 Å². The zero-order valence-electron chi connectivity index (χ0n) is 25.8. The van der Waals surface area contributed by atoms with Crippen molar-refractivity contribution in [1.29, 1.82) is 0 Å². The van der Waals surface area contributed by atoms with Gasteiger partial charge in [0.25, 0.3) is 0 Å². The zero-order valence-corrected chi connectivity index (χ0v) is 27.4. The van der Waals surface area contributed by atoms with Crippen LogP contribution in [0.25, 0.3) is 0 Å². The van der Waals surface area contributed by atoms with Crippen LogP contribution >= 0.6 is 11.6 Å². The molecule has 1 saturated heterocycles. The van der Waals surface area contributed by atoms with E-state index in [1.807, 2.05) is 22.9 Å². The van der Waals surface area contributed by atoms with Gasteiger partial charge >= 0.3 is 6.09 Å². The molecule has 1 aliphatic rings. The quantitative estimate of drug-likeness (QED) is 0.257. The highest BCUT2D eigenvalue weighted by molar-refractivity contribution is 7.89. The van der Waals surface area contributed by atoms with E-state index in [4.69, 9.17) is 21.1 Å². The summed E-state index contributed by atoms with van der Waals surface area (Å²) in [5.74, 6) is 0.665. The first kappa shape index (κ1) is 33.1. The third kappa shape index (κ3) is 9.10. The van der Waals surface area contributed by atoms with Crippen molar-refractivity contribution in [2.75, 3.05) is 49.8 Å². The van der Waals surface area contributed by atoms with Crippen molar-refractivity contribution >= 4 is 56.5 Å². The van der Waals surface area contributed by atoms with Crippen molar-refractivity contribution in [1.82, 2.24) is 19.6 Å². The van der Waals surface area contributed by atoms with E-state index >= 15 is 0 Å². The van der Waals surface area contributed by atoms with Crippen molar-refractivity contribution in [3.63, 3.8) is 0 Å². The fourth-order valence-electron chi connectivity index (χ4n) is 4.82. The Morgan fingerprint density at radius 1 is 1.09 bits per heavy atom. The number of carbonyl (C=O) groups is 1. The number of nitrogens with one attached hydrogen (secondary N) is 3. The molecule has 0 aliphatic carbocycles. The summed E-state index contributed by atoms with van der Waals surface area (Å²) in [7, 11) is 1.79. The van der Waals surface area contributed by atoms with E-state index < -0.39 is 27.5 Å². The number of benzene rings is 2. The lowest BCUT2D eigenvalue weighted by molar-refractivity contribution is 0.0570. The summed E-state index contributed by atoms with van der Waals surface area (Å²) in [5, 5.41) is 6.52. The number of anilines is 5. The van der Waals surface area contributed by atoms with Crippen LogP contribution in [0.15, 0.2) is 48.7 Å². The highest BCUT2D eigenvalue weighted by Gasteiger charge is 2.24. The van der Waals surface area contributed by atoms with Crippen molar-refractivity contribution in [3.05, 3.63) is 59.2 Å². The van der Waals surface area contributed by atoms with Crippen LogP contribution in [-0.2, 0) is 20.5 Å². The Balaban J connectivity index is 1.48. The molecular formula is C30H40ClN7O5S. The van der Waals surface area contributed by atoms with Gasteiger partial charge in [-0.05, 0) is 71.5 Å². The number of nitrogens with zero attached hydrogens (tertiary/aromatic N) is 4. The molecule has 2 aromatic carbocycles. The minimum atomic E-state index is -4.07. The van der Waals surface area contributed by atoms with Gasteiger partial charge < -0.3 is 29.9 Å². The van der Waals surface area contributed by atoms with Crippen molar-refractivity contribution in [3.8, 4) is 5.75 Å². The number of sulfonamides is 1. The molecule has 2 heterocycles. The Labute approximate surface area is 264 Å². The molecule has 0 bridgehead atoms. The standard InChI is InChI=1S/C30H40ClN7O5S/c1-30(2,3)43-29(39)36-44(40,41)19-20-9-7-8-10-24(20)33-27-23(31)18-32-28(35-27)34-25-12-11-22(17-26(25)42-6)38-15-13-21(14-16-38)37(4)5/h7-12,17-18,21H,13-16,19H2,1-6H3,(H,36,39)(H2,32,33,34,35). The second kappa shape index (κ2) is 13.9. The van der Waals surface area contributed by atoms with Crippen LogP contribution < -0.4 is 25.0 Å². The first-order chi connectivity index (χ1) is 20.7. The predicted octanol–water partition coefficient (Wildman–Crippen LogP) is 5.51. The van der Waals surface area contributed by atoms with Crippen LogP contribution in [0.5, 0.6) is 5.75 Å². The molecular weight excluding hydrogens is 606 g/mol. The first-order valence-electron chi connectivity index (χ1n) is 14.2. The van der Waals surface area contributed by atoms with Gasteiger partial charge in [0.15, 0.2) is 5.82 Å². The monoisotopic (exact) mass is 645 g/mol. The second-order valence-corrected chi connectivity index (χ2v) is 13.9. The summed E-state index contributed by atoms with van der Waals surface area (Å²) in [5.41, 5.74) is 1.74. The molecule has 0 unspecified atom stereocenters. The van der Waals surface area contributed by atoms with Gasteiger partial charge in [0.2, 0.25) is 16.0 Å². The molecule has 1 aromatic heterocycles. The lowest BCUT2D eigenvalue weighted by atomic mass is 10.0. The fraction of sp³-hybridized carbons (Fsp3) is 0.433. The molecule has 1 fully saturated rings. The van der Waals surface area contributed by atoms with Crippen LogP contribution in [-0.4, -0.2) is 75.3 Å². The van der Waals surface area contributed by atoms with Crippen molar-refractivity contribution in [2.24, 2.45) is 0 Å². The Morgan fingerprint density at radius 2 is 1.80 bits per heavy atom. The van der Waals surface area contributed by atoms with Crippen LogP contribution in [0.1, 0.15) is 39.2 Å². The Bertz CT molecular complexity index is 1570. The number of ether oxygens (including phenoxy) is 2. The largest absolute Gasteiger partial charge is 0.494 e. The molecule has 3 aromatic rings. The number of halogens is 1. The van der Waals surface area contributed by atoms with Gasteiger partial charge in [0.1, 0.15) is 16.4 Å². The maximum atomic E-state index is 12.7. The Kier molecular flexibility index (Phi) is 10.4. The number of rotatable bonds is 10. The Hall–Kier alpha value is -3.81. The molecule has 0 spiro atoms. The zero-order chi connectivity index (χ0) is 32.1. The van der Waals surface area contributed by atoms with E-state index in [-0.39, 0.29) is 16.8 Å². The topological polar surface area (TPSA) is 138 Å². The van der Waals surface area contributed by atoms with Gasteiger partial charge in [0.05, 0.1) is 24.7 Å². The summed E-state index contributed by atoms with van der Waals surface area (Å²) in [6.45, 7) is 6.87. The number of hydrogen-bond acceptors (Lipinski definition) is 11. The van der Waals surface area contributed by atoms with Crippen LogP contribution in [0.3, 0.4) is 0 Å². The van der Waals surface area contributed by atoms with Gasteiger partial charge in [-0.2, -0.15) is 4.98 Å². The number of methoxy groups -OCH3 is 1. The molecule has 0 saturated carbocycles. The first-order valence-corrected chi connectivity index (χ1v) is 16.2. The molecule has 238 valence electrons. The molecule has 44 heavy (non-hydrogen) atoms. The van der Waals surface area contributed by atoms with Gasteiger partial charge in [-0.15, -0.1) is 0 Å². The van der Waals surface area contributed by atoms with E-state index in [0.717, 1.165) is 31.6 Å². The number of amides is 1. The molecule has 1 aliphatic heterocycles. The highest BCUT2D eigenvalue weighted by atomic mass is 35.5. The molecule has 0 atom stereocenters. The van der Waals surface area contributed by atoms with Crippen molar-refractivity contribution < 1.29 is 22.7 Å². The minimum Gasteiger partial charge on any atom is -0.494 e. The van der Waals surface area contributed by atoms with E-state index in [1.54, 1.807) is 52.1 Å². The fourth-order valence-corrected chi connectivity index (χ4v) is 5.99. The predicted molar refractivity (Wildman–Crippen MR) is 174 cm³/mol. The average molecular weight is 646 g/mol. The van der Waals surface area contributed by atoms with Crippen LogP contribution in [0.4, 0.5) is 33.6 Å². The molecule has 4 rings (SSSR count). The number of carbonyl (C=O) groups excluding carboxylic acids is 1. The van der Waals surface area contributed by atoms with Crippen molar-refractivity contribution in [2.45, 2.75) is 51.0 Å². The third-order valence-corrected chi connectivity index (χ3v) is 8.43. The van der Waals surface area contributed by atoms with Gasteiger partial charge in [-0.3, -0.25) is 0 Å². The van der Waals surface area contributed by atoms with E-state index in [0.29, 0.717) is 28.7 Å². The SMILES string of the molecule is COc1cc(N2CCC(N(C)C)CC2)ccc1Nc1ncc(Cl)c(Nc2ccccc2CS(=O)(=O)NC(=O)OC(C)(C)C)n1. The van der Waals surface area contributed by atoms with Crippen LogP contribution in [0.2, 0.25) is 5.02 Å². The van der Waals surface area contributed by atoms with Crippen LogP contribution in [0, 0.1) is 0 Å². The maximum Gasteiger partial charge on any atom is 0.421 e. The van der Waals surface area contributed by atoms with Gasteiger partial charge in [-0.25, -0.2) is 22.9 Å². The number of piperidine rings is 1. The average Bonchev–Trinajstić information content (AvgIpc) is 2.94. The highest BCUT2D eigenvalue weighted by Crippen LogP contribution is 2.34. The minimum absolute atomic E-state index is 0.225. The normalized spacial score (nSPS) is 14.3. The molecule has 1 amide bonds. The van der Waals surface area contributed by atoms with E-state index in [1.165, 1.54) is 6.20 Å². The summed E-state index contributed by atoms with van der Waals surface area (Å²) in [4.78, 5) is 25.5. The number of hydrogen-bond donors (Lipinski definition) is 3. The van der Waals surface area contributed by atoms with Gasteiger partial charge in [-0.1, -0.05) is 29.8 Å². The van der Waals surface area contributed by atoms with Gasteiger partial charge in [0, 0.05) is 36.6 Å². The molecule has 14 heteroatoms. The molecule has 0 radical (unpaired) electrons. The maximum absolute atomic E-state index is 12.7. The number of para-hydroxylation sites is 1. The summed E-state index contributed by atoms with van der Waals surface area (Å²) < 4.78 is 38.2. The molecule has 3 N–H and O–H groups in total. The lowest BCUT2D eigenvalue weighted by Crippen LogP contribution is -2.41. The molecule has 12 nitrogen and oxygen atoms in total. The second-order valence-electron chi connectivity index (χ2n) is 11.7. The Morgan fingerprint density at radius 3 is 2.45 bits per heavy atom. The lowest BCUT2D eigenvalue weighted by Gasteiger charge is -2.36. The summed E-state index contributed by atoms with van der Waals surface area (Å²) in [6, 6.07) is 13.3. The summed E-state index contributed by atoms with van der Waals surface area (Å²) in [6.07, 6.45) is 2.59.